The summed E-state index contributed by atoms with van der Waals surface area (Å²) >= 11 is 16.7. The number of rotatable bonds is 2. The van der Waals surface area contributed by atoms with Crippen molar-refractivity contribution in [2.45, 2.75) is 27.7 Å². The number of nitrogens with zero attached hydrogens (tertiary/aromatic N) is 4. The Kier molecular flexibility index (Phi) is 10.9. The van der Waals surface area contributed by atoms with Gasteiger partial charge in [-0.15, -0.1) is 0 Å². The Morgan fingerprint density at radius 2 is 1.12 bits per heavy atom. The average Bonchev–Trinajstić information content (AvgIpc) is 2.78. The molecule has 0 radical (unpaired) electrons. The Hall–Kier alpha value is -2.55. The van der Waals surface area contributed by atoms with Gasteiger partial charge in [0.15, 0.2) is 0 Å². The molecule has 2 heterocycles. The van der Waals surface area contributed by atoms with Crippen LogP contribution in [0.25, 0.3) is 11.3 Å². The molecule has 0 amide bonds. The molecule has 0 saturated carbocycles. The van der Waals surface area contributed by atoms with E-state index < -0.39 is 7.12 Å². The Morgan fingerprint density at radius 3 is 1.59 bits per heavy atom. The lowest BCUT2D eigenvalue weighted by Gasteiger charge is -2.06. The van der Waals surface area contributed by atoms with E-state index in [1.165, 1.54) is 29.8 Å². The Balaban J connectivity index is 0.000000190. The second-order valence-corrected chi connectivity index (χ2v) is 8.60. The van der Waals surface area contributed by atoms with Gasteiger partial charge in [-0.1, -0.05) is 81.8 Å². The molecule has 4 rings (SSSR count). The molecule has 2 N–H and O–H groups in total. The van der Waals surface area contributed by atoms with E-state index in [1.807, 2.05) is 26.0 Å². The average molecular weight is 518 g/mol. The smallest absolute Gasteiger partial charge is 0.423 e. The minimum absolute atomic E-state index is 0.366. The third-order valence-corrected chi connectivity index (χ3v) is 5.24. The van der Waals surface area contributed by atoms with Crippen LogP contribution in [0.2, 0.25) is 15.5 Å². The predicted molar refractivity (Wildman–Crippen MR) is 140 cm³/mol. The van der Waals surface area contributed by atoms with Gasteiger partial charge < -0.3 is 10.0 Å². The number of hydrogen-bond acceptors (Lipinski definition) is 6. The van der Waals surface area contributed by atoms with Crippen LogP contribution in [0.4, 0.5) is 0 Å². The highest BCUT2D eigenvalue weighted by Gasteiger charge is 2.12. The van der Waals surface area contributed by atoms with Crippen LogP contribution in [0.15, 0.2) is 61.2 Å². The molecule has 2 aromatic heterocycles. The number of aryl methyl sites for hydroxylation is 4. The van der Waals surface area contributed by atoms with Gasteiger partial charge in [0.1, 0.15) is 28.1 Å². The summed E-state index contributed by atoms with van der Waals surface area (Å²) in [7, 11) is -1.35. The normalized spacial score (nSPS) is 9.91. The Bertz CT molecular complexity index is 1230. The van der Waals surface area contributed by atoms with Crippen LogP contribution in [-0.2, 0) is 0 Å². The Morgan fingerprint density at radius 1 is 0.618 bits per heavy atom. The first-order chi connectivity index (χ1) is 16.1. The van der Waals surface area contributed by atoms with Crippen LogP contribution in [0.5, 0.6) is 0 Å². The zero-order valence-corrected chi connectivity index (χ0v) is 21.4. The van der Waals surface area contributed by atoms with Crippen molar-refractivity contribution in [2.24, 2.45) is 0 Å². The molecule has 0 saturated heterocycles. The van der Waals surface area contributed by atoms with E-state index in [1.54, 1.807) is 12.1 Å². The van der Waals surface area contributed by atoms with Crippen molar-refractivity contribution in [3.63, 3.8) is 0 Å². The van der Waals surface area contributed by atoms with E-state index in [0.717, 1.165) is 22.4 Å². The topological polar surface area (TPSA) is 92.0 Å². The van der Waals surface area contributed by atoms with Crippen LogP contribution >= 0.6 is 34.8 Å². The molecular weight excluding hydrogens is 493 g/mol. The molecule has 2 aromatic carbocycles. The highest BCUT2D eigenvalue weighted by molar-refractivity contribution is 6.59. The number of hydrogen-bond donors (Lipinski definition) is 2. The first kappa shape index (κ1) is 27.7. The second kappa shape index (κ2) is 13.4. The van der Waals surface area contributed by atoms with Crippen molar-refractivity contribution in [3.8, 4) is 11.3 Å². The van der Waals surface area contributed by atoms with E-state index in [4.69, 9.17) is 44.9 Å². The number of benzene rings is 2. The largest absolute Gasteiger partial charge is 0.488 e. The predicted octanol–water partition coefficient (Wildman–Crippen LogP) is 5.18. The molecule has 0 unspecified atom stereocenters. The van der Waals surface area contributed by atoms with Crippen molar-refractivity contribution in [2.75, 3.05) is 0 Å². The fourth-order valence-corrected chi connectivity index (χ4v) is 3.34. The minimum Gasteiger partial charge on any atom is -0.423 e. The van der Waals surface area contributed by atoms with Gasteiger partial charge in [-0.3, -0.25) is 0 Å². The molecule has 0 aliphatic carbocycles. The summed E-state index contributed by atoms with van der Waals surface area (Å²) in [4.78, 5) is 15.3. The summed E-state index contributed by atoms with van der Waals surface area (Å²) in [5.41, 5.74) is 6.92. The van der Waals surface area contributed by atoms with E-state index in [-0.39, 0.29) is 0 Å². The lowest BCUT2D eigenvalue weighted by atomic mass is 9.77. The molecule has 0 spiro atoms. The van der Waals surface area contributed by atoms with Gasteiger partial charge in [0.25, 0.3) is 0 Å². The van der Waals surface area contributed by atoms with Gasteiger partial charge in [0.05, 0.1) is 5.69 Å². The summed E-state index contributed by atoms with van der Waals surface area (Å²) in [5.74, 6) is 0. The molecule has 4 aromatic rings. The molecule has 0 bridgehead atoms. The Labute approximate surface area is 214 Å². The quantitative estimate of drug-likeness (QED) is 0.281. The molecule has 6 nitrogen and oxygen atoms in total. The van der Waals surface area contributed by atoms with Gasteiger partial charge >= 0.3 is 7.12 Å². The monoisotopic (exact) mass is 516 g/mol. The molecule has 34 heavy (non-hydrogen) atoms. The van der Waals surface area contributed by atoms with Gasteiger partial charge in [-0.25, -0.2) is 19.9 Å². The molecule has 176 valence electrons. The minimum atomic E-state index is -1.35. The van der Waals surface area contributed by atoms with Crippen molar-refractivity contribution >= 4 is 47.4 Å². The number of aromatic nitrogens is 4. The van der Waals surface area contributed by atoms with Crippen molar-refractivity contribution in [1.82, 2.24) is 19.9 Å². The fourth-order valence-electron chi connectivity index (χ4n) is 2.84. The molecular formula is C24H24BCl3N4O2. The lowest BCUT2D eigenvalue weighted by Crippen LogP contribution is -2.32. The van der Waals surface area contributed by atoms with E-state index in [0.29, 0.717) is 20.9 Å². The lowest BCUT2D eigenvalue weighted by molar-refractivity contribution is 0.425. The third kappa shape index (κ3) is 9.01. The van der Waals surface area contributed by atoms with E-state index >= 15 is 0 Å². The van der Waals surface area contributed by atoms with E-state index in [2.05, 4.69) is 52.0 Å². The van der Waals surface area contributed by atoms with Crippen LogP contribution in [0.1, 0.15) is 22.3 Å². The molecule has 0 atom stereocenters. The highest BCUT2D eigenvalue weighted by atomic mass is 35.5. The maximum Gasteiger partial charge on any atom is 0.488 e. The van der Waals surface area contributed by atoms with Gasteiger partial charge in [0.2, 0.25) is 0 Å². The summed E-state index contributed by atoms with van der Waals surface area (Å²) in [5, 5.41) is 19.0. The zero-order valence-electron chi connectivity index (χ0n) is 19.2. The first-order valence-electron chi connectivity index (χ1n) is 10.2. The molecule has 10 heteroatoms. The van der Waals surface area contributed by atoms with Gasteiger partial charge in [-0.2, -0.15) is 0 Å². The van der Waals surface area contributed by atoms with Crippen LogP contribution in [-0.4, -0.2) is 37.1 Å². The fraction of sp³-hybridized carbons (Fsp3) is 0.167. The summed E-state index contributed by atoms with van der Waals surface area (Å²) in [6, 6.07) is 15.1. The van der Waals surface area contributed by atoms with Crippen molar-refractivity contribution in [1.29, 1.82) is 0 Å². The highest BCUT2D eigenvalue weighted by Crippen LogP contribution is 2.23. The molecule has 0 fully saturated rings. The van der Waals surface area contributed by atoms with E-state index in [9.17, 15) is 0 Å². The maximum atomic E-state index is 8.88. The van der Waals surface area contributed by atoms with Crippen LogP contribution in [0, 0.1) is 27.7 Å². The summed E-state index contributed by atoms with van der Waals surface area (Å²) in [6.07, 6.45) is 2.80. The third-order valence-electron chi connectivity index (χ3n) is 4.62. The van der Waals surface area contributed by atoms with Crippen LogP contribution < -0.4 is 5.46 Å². The van der Waals surface area contributed by atoms with Crippen LogP contribution in [0.3, 0.4) is 0 Å². The first-order valence-corrected chi connectivity index (χ1v) is 11.3. The standard InChI is InChI=1S/C12H11ClN2.C8H11BO2.C4H2Cl2N2/c1-8-3-4-9(2)10(5-8)11-6-12(13)15-7-14-11;1-6-3-4-7(2)8(5-6)9(10)11;5-3-1-4(6)8-2-7-3/h3-7H,1-2H3;3-5,10-11H,1-2H3;1-2H. The number of halogens is 3. The van der Waals surface area contributed by atoms with Gasteiger partial charge in [0, 0.05) is 17.7 Å². The maximum absolute atomic E-state index is 8.88. The summed E-state index contributed by atoms with van der Waals surface area (Å²) < 4.78 is 0. The SMILES string of the molecule is Cc1ccc(C)c(-c2cc(Cl)ncn2)c1.Cc1ccc(C)c(B(O)O)c1.Clc1cc(Cl)ncn1. The molecule has 0 aliphatic heterocycles. The van der Waals surface area contributed by atoms with Crippen molar-refractivity contribution < 1.29 is 10.0 Å². The second-order valence-electron chi connectivity index (χ2n) is 7.44. The van der Waals surface area contributed by atoms with Crippen molar-refractivity contribution in [3.05, 3.63) is 98.9 Å². The summed E-state index contributed by atoms with van der Waals surface area (Å²) in [6.45, 7) is 7.90. The molecule has 0 aliphatic rings. The van der Waals surface area contributed by atoms with Gasteiger partial charge in [-0.05, 0) is 44.8 Å². The zero-order chi connectivity index (χ0) is 25.3.